The maximum Gasteiger partial charge on any atom is 0.338 e. The van der Waals surface area contributed by atoms with Crippen molar-refractivity contribution < 1.29 is 14.3 Å². The van der Waals surface area contributed by atoms with Gasteiger partial charge in [-0.2, -0.15) is 5.26 Å². The molecule has 1 N–H and O–H groups in total. The molecule has 0 unspecified atom stereocenters. The molecule has 128 valence electrons. The number of ketones is 1. The Hall–Kier alpha value is -3.21. The fourth-order valence-corrected chi connectivity index (χ4v) is 2.64. The summed E-state index contributed by atoms with van der Waals surface area (Å²) in [6.07, 6.45) is 1.77. The second-order valence-electron chi connectivity index (χ2n) is 6.01. The van der Waals surface area contributed by atoms with E-state index < -0.39 is 34.3 Å². The first-order valence-corrected chi connectivity index (χ1v) is 7.65. The van der Waals surface area contributed by atoms with Gasteiger partial charge < -0.3 is 5.11 Å². The minimum absolute atomic E-state index is 0.0417. The average Bonchev–Trinajstić information content (AvgIpc) is 3.37. The summed E-state index contributed by atoms with van der Waals surface area (Å²) >= 11 is 0. The summed E-state index contributed by atoms with van der Waals surface area (Å²) in [6.45, 7) is 1.29. The van der Waals surface area contributed by atoms with Gasteiger partial charge in [0, 0.05) is 6.54 Å². The average molecular weight is 343 g/mol. The van der Waals surface area contributed by atoms with Crippen LogP contribution in [0.4, 0.5) is 4.39 Å². The van der Waals surface area contributed by atoms with Crippen molar-refractivity contribution in [2.75, 3.05) is 0 Å². The Bertz CT molecular complexity index is 1040. The summed E-state index contributed by atoms with van der Waals surface area (Å²) in [5, 5.41) is 19.2. The molecular weight excluding hydrogens is 329 g/mol. The lowest BCUT2D eigenvalue weighted by Gasteiger charge is -2.14. The molecule has 0 atom stereocenters. The van der Waals surface area contributed by atoms with Gasteiger partial charge in [0.15, 0.2) is 5.78 Å². The number of carbonyl (C=O) groups excluding carboxylic acids is 1. The van der Waals surface area contributed by atoms with Crippen LogP contribution in [0.3, 0.4) is 0 Å². The summed E-state index contributed by atoms with van der Waals surface area (Å²) in [4.78, 5) is 37.1. The summed E-state index contributed by atoms with van der Waals surface area (Å²) in [5.74, 6) is -1.95. The molecular formula is C17H14FN3O4. The van der Waals surface area contributed by atoms with E-state index in [0.717, 1.165) is 36.5 Å². The molecule has 25 heavy (non-hydrogen) atoms. The molecule has 0 spiro atoms. The van der Waals surface area contributed by atoms with E-state index in [0.29, 0.717) is 4.57 Å². The third-order valence-electron chi connectivity index (χ3n) is 4.14. The van der Waals surface area contributed by atoms with Crippen molar-refractivity contribution in [3.63, 3.8) is 0 Å². The first kappa shape index (κ1) is 16.6. The largest absolute Gasteiger partial charge is 0.494 e. The Morgan fingerprint density at radius 1 is 1.40 bits per heavy atom. The lowest BCUT2D eigenvalue weighted by molar-refractivity contribution is 0.101. The SMILES string of the molecule is CC(=O)c1c(O)n(CC2CC2)c(=O)n(-c2ccc(F)c(C#N)c2)c1=O. The van der Waals surface area contributed by atoms with E-state index in [1.54, 1.807) is 6.07 Å². The number of carbonyl (C=O) groups is 1. The highest BCUT2D eigenvalue weighted by atomic mass is 19.1. The second-order valence-corrected chi connectivity index (χ2v) is 6.01. The molecule has 2 aromatic rings. The van der Waals surface area contributed by atoms with Crippen LogP contribution in [0.15, 0.2) is 27.8 Å². The van der Waals surface area contributed by atoms with Crippen LogP contribution in [0, 0.1) is 23.1 Å². The van der Waals surface area contributed by atoms with Crippen molar-refractivity contribution in [2.45, 2.75) is 26.3 Å². The normalized spacial score (nSPS) is 13.5. The number of nitrogens with zero attached hydrogens (tertiary/aromatic N) is 3. The Kier molecular flexibility index (Phi) is 4.00. The molecule has 0 radical (unpaired) electrons. The molecule has 1 fully saturated rings. The third kappa shape index (κ3) is 2.85. The molecule has 1 aliphatic rings. The van der Waals surface area contributed by atoms with Crippen LogP contribution < -0.4 is 11.2 Å². The van der Waals surface area contributed by atoms with Gasteiger partial charge in [0.2, 0.25) is 5.88 Å². The van der Waals surface area contributed by atoms with Crippen LogP contribution in [-0.2, 0) is 6.54 Å². The van der Waals surface area contributed by atoms with E-state index in [1.807, 2.05) is 0 Å². The zero-order chi connectivity index (χ0) is 18.3. The summed E-state index contributed by atoms with van der Waals surface area (Å²) in [7, 11) is 0. The smallest absolute Gasteiger partial charge is 0.338 e. The molecule has 3 rings (SSSR count). The Labute approximate surface area is 141 Å². The lowest BCUT2D eigenvalue weighted by Crippen LogP contribution is -2.41. The van der Waals surface area contributed by atoms with Gasteiger partial charge in [-0.25, -0.2) is 13.8 Å². The molecule has 1 aliphatic carbocycles. The van der Waals surface area contributed by atoms with Crippen molar-refractivity contribution in [3.8, 4) is 17.6 Å². The number of Topliss-reactive ketones (excluding diaryl/α,β-unsaturated/α-hetero) is 1. The maximum absolute atomic E-state index is 13.5. The van der Waals surface area contributed by atoms with Crippen LogP contribution in [-0.4, -0.2) is 20.0 Å². The van der Waals surface area contributed by atoms with Gasteiger partial charge in [-0.05, 0) is 43.9 Å². The van der Waals surface area contributed by atoms with Crippen molar-refractivity contribution in [1.82, 2.24) is 9.13 Å². The summed E-state index contributed by atoms with van der Waals surface area (Å²) in [5.41, 5.74) is -2.73. The zero-order valence-corrected chi connectivity index (χ0v) is 13.3. The van der Waals surface area contributed by atoms with Crippen LogP contribution >= 0.6 is 0 Å². The first-order chi connectivity index (χ1) is 11.8. The van der Waals surface area contributed by atoms with E-state index in [4.69, 9.17) is 5.26 Å². The van der Waals surface area contributed by atoms with Crippen LogP contribution in [0.5, 0.6) is 5.88 Å². The van der Waals surface area contributed by atoms with Gasteiger partial charge in [-0.3, -0.25) is 14.2 Å². The number of rotatable bonds is 4. The molecule has 0 aliphatic heterocycles. The molecule has 1 saturated carbocycles. The predicted octanol–water partition coefficient (Wildman–Crippen LogP) is 1.33. The van der Waals surface area contributed by atoms with Crippen LogP contribution in [0.1, 0.15) is 35.7 Å². The highest BCUT2D eigenvalue weighted by molar-refractivity contribution is 5.95. The highest BCUT2D eigenvalue weighted by Gasteiger charge is 2.28. The van der Waals surface area contributed by atoms with Crippen LogP contribution in [0.25, 0.3) is 5.69 Å². The number of aromatic hydroxyl groups is 1. The van der Waals surface area contributed by atoms with Crippen molar-refractivity contribution in [2.24, 2.45) is 5.92 Å². The molecule has 0 amide bonds. The fraction of sp³-hybridized carbons (Fsp3) is 0.294. The number of benzene rings is 1. The quantitative estimate of drug-likeness (QED) is 0.843. The molecule has 0 bridgehead atoms. The van der Waals surface area contributed by atoms with Crippen LogP contribution in [0.2, 0.25) is 0 Å². The zero-order valence-electron chi connectivity index (χ0n) is 13.3. The van der Waals surface area contributed by atoms with Gasteiger partial charge >= 0.3 is 5.69 Å². The Morgan fingerprint density at radius 2 is 2.08 bits per heavy atom. The summed E-state index contributed by atoms with van der Waals surface area (Å²) in [6, 6.07) is 4.82. The van der Waals surface area contributed by atoms with E-state index in [1.165, 1.54) is 6.07 Å². The van der Waals surface area contributed by atoms with Gasteiger partial charge in [0.25, 0.3) is 5.56 Å². The molecule has 0 saturated heterocycles. The lowest BCUT2D eigenvalue weighted by atomic mass is 10.2. The maximum atomic E-state index is 13.5. The van der Waals surface area contributed by atoms with Gasteiger partial charge in [0.05, 0.1) is 11.3 Å². The van der Waals surface area contributed by atoms with Crippen molar-refractivity contribution >= 4 is 5.78 Å². The standard InChI is InChI=1S/C17H14FN3O4/c1-9(22)14-15(23)20(8-10-2-3-10)17(25)21(16(14)24)12-4-5-13(18)11(6-12)7-19/h4-6,10,23H,2-3,8H2,1H3. The number of nitriles is 1. The van der Waals surface area contributed by atoms with Gasteiger partial charge in [-0.1, -0.05) is 0 Å². The minimum Gasteiger partial charge on any atom is -0.494 e. The number of halogens is 1. The molecule has 1 aromatic carbocycles. The summed E-state index contributed by atoms with van der Waals surface area (Å²) < 4.78 is 15.2. The Morgan fingerprint density at radius 3 is 2.64 bits per heavy atom. The molecule has 1 aromatic heterocycles. The van der Waals surface area contributed by atoms with Gasteiger partial charge in [0.1, 0.15) is 17.4 Å². The monoisotopic (exact) mass is 343 g/mol. The predicted molar refractivity (Wildman–Crippen MR) is 85.4 cm³/mol. The fourth-order valence-electron chi connectivity index (χ4n) is 2.64. The van der Waals surface area contributed by atoms with E-state index in [2.05, 4.69) is 0 Å². The number of hydrogen-bond donors (Lipinski definition) is 1. The third-order valence-corrected chi connectivity index (χ3v) is 4.14. The van der Waals surface area contributed by atoms with Crippen molar-refractivity contribution in [3.05, 3.63) is 56.0 Å². The number of hydrogen-bond acceptors (Lipinski definition) is 5. The number of aromatic nitrogens is 2. The van der Waals surface area contributed by atoms with Gasteiger partial charge in [-0.15, -0.1) is 0 Å². The second kappa shape index (κ2) is 6.02. The topological polar surface area (TPSA) is 105 Å². The molecule has 8 heteroatoms. The van der Waals surface area contributed by atoms with E-state index in [-0.39, 0.29) is 23.7 Å². The first-order valence-electron chi connectivity index (χ1n) is 7.65. The highest BCUT2D eigenvalue weighted by Crippen LogP contribution is 2.31. The Balaban J connectivity index is 2.34. The van der Waals surface area contributed by atoms with E-state index >= 15 is 0 Å². The molecule has 1 heterocycles. The van der Waals surface area contributed by atoms with Crippen molar-refractivity contribution in [1.29, 1.82) is 5.26 Å². The molecule has 7 nitrogen and oxygen atoms in total. The minimum atomic E-state index is -1.00. The van der Waals surface area contributed by atoms with E-state index in [9.17, 15) is 23.9 Å².